The number of benzene rings is 10. The molecule has 0 atom stereocenters. The van der Waals surface area contributed by atoms with Crippen LogP contribution in [0.25, 0.3) is 55.6 Å². The van der Waals surface area contributed by atoms with Crippen LogP contribution in [0, 0.1) is 0 Å². The number of hydrogen-bond acceptors (Lipinski definition) is 1. The first kappa shape index (κ1) is 41.9. The minimum Gasteiger partial charge on any atom is -0.309 e. The van der Waals surface area contributed by atoms with Gasteiger partial charge in [0, 0.05) is 38.7 Å². The van der Waals surface area contributed by atoms with Gasteiger partial charge in [-0.25, -0.2) is 0 Å². The molecule has 0 saturated heterocycles. The van der Waals surface area contributed by atoms with E-state index in [9.17, 15) is 0 Å². The van der Waals surface area contributed by atoms with Crippen LogP contribution in [0.3, 0.4) is 0 Å². The Morgan fingerprint density at radius 3 is 1.21 bits per heavy atom. The molecule has 71 heavy (non-hydrogen) atoms. The molecule has 0 radical (unpaired) electrons. The number of nitrogens with zero attached hydrogens (tertiary/aromatic N) is 1. The molecule has 4 aliphatic rings. The normalized spacial score (nSPS) is 15.9. The summed E-state index contributed by atoms with van der Waals surface area (Å²) >= 11 is 0. The van der Waals surface area contributed by atoms with Crippen LogP contribution in [0.15, 0.2) is 224 Å². The van der Waals surface area contributed by atoms with Crippen LogP contribution >= 0.6 is 0 Å². The summed E-state index contributed by atoms with van der Waals surface area (Å²) in [5, 5.41) is 0. The molecule has 0 unspecified atom stereocenters. The maximum Gasteiger partial charge on any atom is 0.0714 e. The smallest absolute Gasteiger partial charge is 0.0714 e. The van der Waals surface area contributed by atoms with Crippen molar-refractivity contribution in [2.75, 3.05) is 4.90 Å². The van der Waals surface area contributed by atoms with Gasteiger partial charge in [0.2, 0.25) is 0 Å². The Hall–Kier alpha value is -8.00. The molecule has 0 spiro atoms. The minimum atomic E-state index is -0.604. The first-order chi connectivity index (χ1) is 34.5. The first-order valence-corrected chi connectivity index (χ1v) is 25.4. The van der Waals surface area contributed by atoms with Crippen LogP contribution in [0.1, 0.15) is 97.2 Å². The molecule has 0 amide bonds. The van der Waals surface area contributed by atoms with Crippen molar-refractivity contribution in [3.05, 3.63) is 280 Å². The van der Waals surface area contributed by atoms with Crippen molar-refractivity contribution < 1.29 is 0 Å². The molecular formula is C70H55N. The highest BCUT2D eigenvalue weighted by molar-refractivity contribution is 6.08. The quantitative estimate of drug-likeness (QED) is 0.161. The molecule has 1 heteroatoms. The fraction of sp³-hybridized carbons (Fsp3) is 0.143. The second kappa shape index (κ2) is 14.8. The van der Waals surface area contributed by atoms with E-state index in [2.05, 4.69) is 271 Å². The second-order valence-corrected chi connectivity index (χ2v) is 22.0. The summed E-state index contributed by atoms with van der Waals surface area (Å²) in [6, 6.07) is 85.6. The lowest BCUT2D eigenvalue weighted by atomic mass is 9.66. The molecule has 0 N–H and O–H groups in total. The molecule has 0 aliphatic heterocycles. The van der Waals surface area contributed by atoms with Gasteiger partial charge >= 0.3 is 0 Å². The van der Waals surface area contributed by atoms with Crippen molar-refractivity contribution in [2.24, 2.45) is 0 Å². The van der Waals surface area contributed by atoms with Crippen molar-refractivity contribution in [2.45, 2.75) is 63.2 Å². The zero-order valence-corrected chi connectivity index (χ0v) is 41.3. The Morgan fingerprint density at radius 1 is 0.268 bits per heavy atom. The third kappa shape index (κ3) is 5.58. The Balaban J connectivity index is 1.15. The van der Waals surface area contributed by atoms with E-state index >= 15 is 0 Å². The lowest BCUT2D eigenvalue weighted by Gasteiger charge is -2.37. The van der Waals surface area contributed by atoms with Gasteiger partial charge in [0.25, 0.3) is 0 Å². The average molecular weight is 910 g/mol. The average Bonchev–Trinajstić information content (AvgIpc) is 4.01. The number of rotatable bonds is 6. The summed E-state index contributed by atoms with van der Waals surface area (Å²) < 4.78 is 0. The molecule has 10 aromatic rings. The molecule has 0 aromatic heterocycles. The standard InChI is InChI=1S/C70H55N/c1-67(2)56-31-19-16-28-50(56)52-38-35-48(41-60(52)67)71(49-36-39-53-51-29-17-20-32-57(51)68(3,4)61(53)42-49)66-64-55-37-34-45(44-22-10-7-11-23-44)40-59(55)69(5,6)62(64)43-63-65(66)54-30-18-21-33-58(54)70(63,46-24-12-8-13-25-46)47-26-14-9-15-27-47/h7-43H,1-6H3. The predicted octanol–water partition coefficient (Wildman–Crippen LogP) is 18.1. The monoisotopic (exact) mass is 909 g/mol. The Labute approximate surface area is 418 Å². The molecule has 4 aliphatic carbocycles. The third-order valence-corrected chi connectivity index (χ3v) is 17.3. The van der Waals surface area contributed by atoms with Gasteiger partial charge in [-0.15, -0.1) is 0 Å². The van der Waals surface area contributed by atoms with Gasteiger partial charge in [-0.2, -0.15) is 0 Å². The fourth-order valence-electron chi connectivity index (χ4n) is 13.9. The van der Waals surface area contributed by atoms with E-state index in [1.807, 2.05) is 0 Å². The summed E-state index contributed by atoms with van der Waals surface area (Å²) in [5.74, 6) is 0. The second-order valence-electron chi connectivity index (χ2n) is 22.0. The zero-order valence-electron chi connectivity index (χ0n) is 41.3. The summed E-state index contributed by atoms with van der Waals surface area (Å²) in [7, 11) is 0. The van der Waals surface area contributed by atoms with Gasteiger partial charge in [-0.3, -0.25) is 0 Å². The van der Waals surface area contributed by atoms with E-state index in [0.29, 0.717) is 0 Å². The van der Waals surface area contributed by atoms with Gasteiger partial charge in [-0.1, -0.05) is 236 Å². The number of fused-ring (bicyclic) bond motifs is 12. The molecule has 0 bridgehead atoms. The van der Waals surface area contributed by atoms with Crippen molar-refractivity contribution >= 4 is 17.1 Å². The zero-order chi connectivity index (χ0) is 48.0. The lowest BCUT2D eigenvalue weighted by molar-refractivity contribution is 0.656. The van der Waals surface area contributed by atoms with Crippen molar-refractivity contribution in [1.82, 2.24) is 0 Å². The maximum absolute atomic E-state index is 2.69. The molecule has 1 nitrogen and oxygen atoms in total. The van der Waals surface area contributed by atoms with Crippen LogP contribution in [0.5, 0.6) is 0 Å². The van der Waals surface area contributed by atoms with E-state index in [1.54, 1.807) is 0 Å². The van der Waals surface area contributed by atoms with Gasteiger partial charge < -0.3 is 4.90 Å². The van der Waals surface area contributed by atoms with Crippen molar-refractivity contribution in [3.63, 3.8) is 0 Å². The fourth-order valence-corrected chi connectivity index (χ4v) is 13.9. The topological polar surface area (TPSA) is 3.24 Å². The summed E-state index contributed by atoms with van der Waals surface area (Å²) in [5.41, 5.74) is 28.5. The van der Waals surface area contributed by atoms with Gasteiger partial charge in [-0.05, 0) is 130 Å². The van der Waals surface area contributed by atoms with Crippen molar-refractivity contribution in [1.29, 1.82) is 0 Å². The highest BCUT2D eigenvalue weighted by Crippen LogP contribution is 2.66. The highest BCUT2D eigenvalue weighted by Gasteiger charge is 2.51. The molecule has 14 rings (SSSR count). The van der Waals surface area contributed by atoms with E-state index in [-0.39, 0.29) is 16.2 Å². The van der Waals surface area contributed by atoms with E-state index in [0.717, 1.165) is 11.4 Å². The highest BCUT2D eigenvalue weighted by atomic mass is 15.2. The summed E-state index contributed by atoms with van der Waals surface area (Å²) in [6.07, 6.45) is 0. The third-order valence-electron chi connectivity index (χ3n) is 17.3. The van der Waals surface area contributed by atoms with Crippen LogP contribution in [-0.2, 0) is 21.7 Å². The lowest BCUT2D eigenvalue weighted by Crippen LogP contribution is -2.29. The van der Waals surface area contributed by atoms with E-state index in [1.165, 1.54) is 117 Å². The largest absolute Gasteiger partial charge is 0.309 e. The van der Waals surface area contributed by atoms with Gasteiger partial charge in [0.15, 0.2) is 0 Å². The van der Waals surface area contributed by atoms with Gasteiger partial charge in [0.05, 0.1) is 11.1 Å². The van der Waals surface area contributed by atoms with E-state index < -0.39 is 5.41 Å². The SMILES string of the molecule is CC1(C)c2ccccc2-c2ccc(N(c3ccc4c(c3)C(C)(C)c3ccccc3-4)c3c4c(cc5c3-c3ccccc3C5(c3ccccc3)c3ccccc3)C(C)(C)c3cc(-c5ccccc5)ccc3-4)cc21. The number of hydrogen-bond donors (Lipinski definition) is 0. The summed E-state index contributed by atoms with van der Waals surface area (Å²) in [4.78, 5) is 2.69. The molecular weight excluding hydrogens is 855 g/mol. The molecule has 0 heterocycles. The van der Waals surface area contributed by atoms with E-state index in [4.69, 9.17) is 0 Å². The van der Waals surface area contributed by atoms with Crippen LogP contribution in [0.2, 0.25) is 0 Å². The molecule has 10 aromatic carbocycles. The summed E-state index contributed by atoms with van der Waals surface area (Å²) in [6.45, 7) is 14.6. The van der Waals surface area contributed by atoms with Crippen LogP contribution in [0.4, 0.5) is 17.1 Å². The molecule has 340 valence electrons. The van der Waals surface area contributed by atoms with Crippen LogP contribution in [-0.4, -0.2) is 0 Å². The van der Waals surface area contributed by atoms with Gasteiger partial charge in [0.1, 0.15) is 0 Å². The van der Waals surface area contributed by atoms with Crippen LogP contribution < -0.4 is 4.90 Å². The predicted molar refractivity (Wildman–Crippen MR) is 297 cm³/mol. The molecule has 0 fully saturated rings. The Kier molecular flexibility index (Phi) is 8.72. The molecule has 0 saturated carbocycles. The number of anilines is 3. The maximum atomic E-state index is 2.69. The minimum absolute atomic E-state index is 0.194. The van der Waals surface area contributed by atoms with Crippen molar-refractivity contribution in [3.8, 4) is 55.6 Å². The first-order valence-electron chi connectivity index (χ1n) is 25.4. The Morgan fingerprint density at radius 2 is 0.662 bits per heavy atom. The Bertz CT molecular complexity index is 3690.